The number of urea groups is 1. The van der Waals surface area contributed by atoms with E-state index in [9.17, 15) is 14.4 Å². The molecule has 0 bridgehead atoms. The summed E-state index contributed by atoms with van der Waals surface area (Å²) in [6, 6.07) is 6.25. The minimum Gasteiger partial charge on any atom is -0.341 e. The summed E-state index contributed by atoms with van der Waals surface area (Å²) >= 11 is 6.31. The van der Waals surface area contributed by atoms with Gasteiger partial charge in [-0.05, 0) is 24.5 Å². The van der Waals surface area contributed by atoms with E-state index in [1.165, 1.54) is 9.80 Å². The molecule has 1 atom stereocenters. The number of rotatable bonds is 3. The molecule has 27 heavy (non-hydrogen) atoms. The van der Waals surface area contributed by atoms with Gasteiger partial charge in [-0.1, -0.05) is 29.8 Å². The number of benzene rings is 1. The molecule has 1 fully saturated rings. The van der Waals surface area contributed by atoms with Crippen LogP contribution in [0.4, 0.5) is 4.79 Å². The minimum absolute atomic E-state index is 0.0309. The van der Waals surface area contributed by atoms with E-state index < -0.39 is 6.04 Å². The molecule has 1 N–H and O–H groups in total. The summed E-state index contributed by atoms with van der Waals surface area (Å²) in [5, 5.41) is 3.34. The summed E-state index contributed by atoms with van der Waals surface area (Å²) in [5.41, 5.74) is 1.79. The molecule has 0 aliphatic carbocycles. The molecule has 0 saturated carbocycles. The van der Waals surface area contributed by atoms with Gasteiger partial charge < -0.3 is 15.1 Å². The number of hydrogen-bond acceptors (Lipinski definition) is 3. The van der Waals surface area contributed by atoms with E-state index in [-0.39, 0.29) is 30.9 Å². The second kappa shape index (κ2) is 6.88. The first-order valence-corrected chi connectivity index (χ1v) is 9.44. The fourth-order valence-electron chi connectivity index (χ4n) is 3.92. The molecule has 1 aromatic carbocycles. The molecule has 3 heterocycles. The summed E-state index contributed by atoms with van der Waals surface area (Å²) in [4.78, 5) is 42.8. The Kier molecular flexibility index (Phi) is 4.55. The van der Waals surface area contributed by atoms with E-state index in [4.69, 9.17) is 11.6 Å². The number of carbonyl (C=O) groups is 3. The van der Waals surface area contributed by atoms with Crippen molar-refractivity contribution in [2.45, 2.75) is 18.9 Å². The maximum absolute atomic E-state index is 13.1. The first kappa shape index (κ1) is 17.9. The van der Waals surface area contributed by atoms with Gasteiger partial charge in [0, 0.05) is 25.2 Å². The Balaban J connectivity index is 1.62. The summed E-state index contributed by atoms with van der Waals surface area (Å²) in [6.07, 6.45) is 2.01. The van der Waals surface area contributed by atoms with E-state index in [0.717, 1.165) is 25.9 Å². The van der Waals surface area contributed by atoms with Gasteiger partial charge >= 0.3 is 6.03 Å². The van der Waals surface area contributed by atoms with Crippen LogP contribution in [0.2, 0.25) is 5.02 Å². The Morgan fingerprint density at radius 3 is 2.63 bits per heavy atom. The number of nitrogens with zero attached hydrogens (tertiary/aromatic N) is 3. The average Bonchev–Trinajstić information content (AvgIpc) is 3.29. The largest absolute Gasteiger partial charge is 0.341 e. The maximum Gasteiger partial charge on any atom is 0.322 e. The fourth-order valence-corrected chi connectivity index (χ4v) is 4.17. The van der Waals surface area contributed by atoms with Crippen LogP contribution in [0.15, 0.2) is 35.5 Å². The van der Waals surface area contributed by atoms with Crippen LogP contribution in [0, 0.1) is 0 Å². The molecule has 0 spiro atoms. The lowest BCUT2D eigenvalue weighted by atomic mass is 9.96. The van der Waals surface area contributed by atoms with Gasteiger partial charge in [-0.2, -0.15) is 0 Å². The zero-order valence-corrected chi connectivity index (χ0v) is 15.8. The molecular weight excluding hydrogens is 368 g/mol. The highest BCUT2D eigenvalue weighted by atomic mass is 35.5. The summed E-state index contributed by atoms with van der Waals surface area (Å²) in [7, 11) is 1.63. The topological polar surface area (TPSA) is 73.0 Å². The quantitative estimate of drug-likeness (QED) is 0.857. The number of hydrogen-bond donors (Lipinski definition) is 1. The standard InChI is InChI=1S/C19H21ClN4O3/c1-22-14-10-24(11-15(25)23-8-4-5-9-23)18(26)16(14)17(21-19(22)27)12-6-2-3-7-13(12)20/h2-3,6-7,17H,4-5,8-11H2,1H3,(H,21,27)/t17-/m0/s1. The Morgan fingerprint density at radius 2 is 1.93 bits per heavy atom. The van der Waals surface area contributed by atoms with Gasteiger partial charge in [-0.25, -0.2) is 4.79 Å². The number of nitrogens with one attached hydrogen (secondary N) is 1. The number of likely N-dealkylation sites (tertiary alicyclic amines) is 1. The van der Waals surface area contributed by atoms with Crippen molar-refractivity contribution < 1.29 is 14.4 Å². The second-order valence-corrected chi connectivity index (χ2v) is 7.48. The Labute approximate surface area is 162 Å². The zero-order chi connectivity index (χ0) is 19.1. The molecule has 3 aliphatic rings. The number of halogens is 1. The molecule has 4 amide bonds. The van der Waals surface area contributed by atoms with Crippen LogP contribution in [-0.2, 0) is 9.59 Å². The van der Waals surface area contributed by atoms with Crippen LogP contribution in [0.5, 0.6) is 0 Å². The molecule has 7 nitrogen and oxygen atoms in total. The molecule has 4 rings (SSSR count). The fraction of sp³-hybridized carbons (Fsp3) is 0.421. The third kappa shape index (κ3) is 3.06. The number of amides is 4. The Hall–Kier alpha value is -2.54. The van der Waals surface area contributed by atoms with Crippen LogP contribution >= 0.6 is 11.6 Å². The van der Waals surface area contributed by atoms with Crippen molar-refractivity contribution >= 4 is 29.4 Å². The monoisotopic (exact) mass is 388 g/mol. The van der Waals surface area contributed by atoms with Crippen LogP contribution in [0.1, 0.15) is 24.4 Å². The van der Waals surface area contributed by atoms with E-state index in [2.05, 4.69) is 5.32 Å². The van der Waals surface area contributed by atoms with Gasteiger partial charge in [0.1, 0.15) is 6.54 Å². The summed E-state index contributed by atoms with van der Waals surface area (Å²) < 4.78 is 0. The second-order valence-electron chi connectivity index (χ2n) is 7.07. The van der Waals surface area contributed by atoms with Crippen molar-refractivity contribution in [3.63, 3.8) is 0 Å². The van der Waals surface area contributed by atoms with E-state index >= 15 is 0 Å². The molecule has 8 heteroatoms. The van der Waals surface area contributed by atoms with Gasteiger partial charge in [0.15, 0.2) is 0 Å². The van der Waals surface area contributed by atoms with Gasteiger partial charge in [0.05, 0.1) is 23.9 Å². The van der Waals surface area contributed by atoms with Gasteiger partial charge in [-0.3, -0.25) is 14.5 Å². The predicted molar refractivity (Wildman–Crippen MR) is 99.9 cm³/mol. The summed E-state index contributed by atoms with van der Waals surface area (Å²) in [6.45, 7) is 1.77. The molecule has 142 valence electrons. The SMILES string of the molecule is CN1C(=O)N[C@@H](c2ccccc2Cl)C2=C1CN(CC(=O)N1CCCC1)C2=O. The number of carbonyl (C=O) groups excluding carboxylic acids is 3. The molecule has 0 radical (unpaired) electrons. The number of likely N-dealkylation sites (N-methyl/N-ethyl adjacent to an activating group) is 1. The lowest BCUT2D eigenvalue weighted by Gasteiger charge is -2.31. The first-order valence-electron chi connectivity index (χ1n) is 9.06. The van der Waals surface area contributed by atoms with Crippen molar-refractivity contribution in [3.8, 4) is 0 Å². The average molecular weight is 389 g/mol. The van der Waals surface area contributed by atoms with Gasteiger partial charge in [0.25, 0.3) is 5.91 Å². The van der Waals surface area contributed by atoms with Crippen molar-refractivity contribution in [3.05, 3.63) is 46.1 Å². The molecular formula is C19H21ClN4O3. The van der Waals surface area contributed by atoms with Crippen LogP contribution in [0.25, 0.3) is 0 Å². The van der Waals surface area contributed by atoms with Gasteiger partial charge in [0.2, 0.25) is 5.91 Å². The lowest BCUT2D eigenvalue weighted by Crippen LogP contribution is -2.45. The van der Waals surface area contributed by atoms with E-state index in [1.807, 2.05) is 6.07 Å². The minimum atomic E-state index is -0.614. The maximum atomic E-state index is 13.1. The molecule has 3 aliphatic heterocycles. The van der Waals surface area contributed by atoms with Crippen molar-refractivity contribution in [1.82, 2.24) is 20.0 Å². The highest BCUT2D eigenvalue weighted by Gasteiger charge is 2.44. The third-order valence-corrected chi connectivity index (χ3v) is 5.78. The molecule has 0 aromatic heterocycles. The van der Waals surface area contributed by atoms with Crippen molar-refractivity contribution in [1.29, 1.82) is 0 Å². The molecule has 1 saturated heterocycles. The summed E-state index contributed by atoms with van der Waals surface area (Å²) in [5.74, 6) is -0.272. The van der Waals surface area contributed by atoms with Crippen LogP contribution in [-0.4, -0.2) is 65.8 Å². The Morgan fingerprint density at radius 1 is 1.22 bits per heavy atom. The first-order chi connectivity index (χ1) is 13.0. The van der Waals surface area contributed by atoms with Crippen molar-refractivity contribution in [2.24, 2.45) is 0 Å². The molecule has 0 unspecified atom stereocenters. The van der Waals surface area contributed by atoms with Crippen LogP contribution in [0.3, 0.4) is 0 Å². The normalized spacial score (nSPS) is 22.4. The lowest BCUT2D eigenvalue weighted by molar-refractivity contribution is -0.137. The van der Waals surface area contributed by atoms with Crippen molar-refractivity contribution in [2.75, 3.05) is 33.2 Å². The van der Waals surface area contributed by atoms with E-state index in [0.29, 0.717) is 21.9 Å². The smallest absolute Gasteiger partial charge is 0.322 e. The highest BCUT2D eigenvalue weighted by Crippen LogP contribution is 2.37. The van der Waals surface area contributed by atoms with Gasteiger partial charge in [-0.15, -0.1) is 0 Å². The van der Waals surface area contributed by atoms with E-state index in [1.54, 1.807) is 30.1 Å². The van der Waals surface area contributed by atoms with Crippen LogP contribution < -0.4 is 5.32 Å². The predicted octanol–water partition coefficient (Wildman–Crippen LogP) is 1.75. The highest BCUT2D eigenvalue weighted by molar-refractivity contribution is 6.31. The zero-order valence-electron chi connectivity index (χ0n) is 15.1. The Bertz CT molecular complexity index is 847. The third-order valence-electron chi connectivity index (χ3n) is 5.44. The molecule has 1 aromatic rings.